The van der Waals surface area contributed by atoms with E-state index in [2.05, 4.69) is 6.07 Å². The Morgan fingerprint density at radius 2 is 1.97 bits per heavy atom. The molecule has 2 heterocycles. The van der Waals surface area contributed by atoms with E-state index in [1.54, 1.807) is 16.8 Å². The van der Waals surface area contributed by atoms with Crippen LogP contribution in [-0.4, -0.2) is 15.6 Å². The maximum Gasteiger partial charge on any atom is 0.205 e. The highest BCUT2D eigenvalue weighted by Crippen LogP contribution is 2.45. The number of carbonyl (C=O) groups excluding carboxylic acids is 1. The Morgan fingerprint density at radius 1 is 1.18 bits per heavy atom. The number of hydrogen-bond acceptors (Lipinski definition) is 5. The van der Waals surface area contributed by atoms with Crippen molar-refractivity contribution in [1.29, 1.82) is 5.26 Å². The molecular weight excluding hydrogens is 471 g/mol. The summed E-state index contributed by atoms with van der Waals surface area (Å²) in [4.78, 5) is 13.0. The lowest BCUT2D eigenvalue weighted by molar-refractivity contribution is -0.116. The molecule has 2 aliphatic rings. The quantitative estimate of drug-likeness (QED) is 0.504. The number of nitrogens with zero attached hydrogens (tertiary/aromatic N) is 3. The second-order valence-electron chi connectivity index (χ2n) is 8.27. The molecule has 1 aliphatic heterocycles. The summed E-state index contributed by atoms with van der Waals surface area (Å²) in [7, 11) is 0. The lowest BCUT2D eigenvalue weighted by atomic mass is 9.77. The molecular formula is C26H20Cl2N4O2. The molecule has 0 saturated carbocycles. The van der Waals surface area contributed by atoms with Crippen LogP contribution in [0.1, 0.15) is 36.3 Å². The molecule has 0 radical (unpaired) electrons. The largest absolute Gasteiger partial charge is 0.444 e. The minimum absolute atomic E-state index is 0.0287. The molecule has 170 valence electrons. The van der Waals surface area contributed by atoms with Gasteiger partial charge in [-0.1, -0.05) is 59.6 Å². The molecule has 6 nitrogen and oxygen atoms in total. The number of rotatable bonds is 4. The van der Waals surface area contributed by atoms with E-state index in [4.69, 9.17) is 38.8 Å². The Morgan fingerprint density at radius 3 is 2.71 bits per heavy atom. The Labute approximate surface area is 206 Å². The SMILES string of the molecule is N#CC1=C(N)OC2=C(C(=O)CCC2)C1c1cn(Cc2ccc(Cl)cc2Cl)nc1-c1ccccc1. The maximum absolute atomic E-state index is 13.0. The van der Waals surface area contributed by atoms with E-state index in [0.717, 1.165) is 16.7 Å². The Balaban J connectivity index is 1.69. The number of hydrogen-bond donors (Lipinski definition) is 1. The van der Waals surface area contributed by atoms with Crippen molar-refractivity contribution in [2.24, 2.45) is 5.73 Å². The molecule has 8 heteroatoms. The van der Waals surface area contributed by atoms with Gasteiger partial charge in [-0.3, -0.25) is 9.48 Å². The third kappa shape index (κ3) is 3.98. The van der Waals surface area contributed by atoms with Crippen LogP contribution in [0.15, 0.2) is 77.5 Å². The van der Waals surface area contributed by atoms with Crippen LogP contribution >= 0.6 is 23.2 Å². The Bertz CT molecular complexity index is 1400. The van der Waals surface area contributed by atoms with Crippen molar-refractivity contribution in [2.75, 3.05) is 0 Å². The topological polar surface area (TPSA) is 93.9 Å². The zero-order chi connectivity index (χ0) is 23.8. The Hall–Kier alpha value is -3.53. The fraction of sp³-hybridized carbons (Fsp3) is 0.192. The van der Waals surface area contributed by atoms with Gasteiger partial charge in [-0.2, -0.15) is 10.4 Å². The average molecular weight is 491 g/mol. The second kappa shape index (κ2) is 9.02. The zero-order valence-corrected chi connectivity index (χ0v) is 19.6. The normalized spacial score (nSPS) is 17.9. The molecule has 5 rings (SSSR count). The number of Topliss-reactive ketones (excluding diaryl/α,β-unsaturated/α-hetero) is 1. The number of ketones is 1. The van der Waals surface area contributed by atoms with Crippen molar-refractivity contribution in [1.82, 2.24) is 9.78 Å². The van der Waals surface area contributed by atoms with Gasteiger partial charge in [0.15, 0.2) is 5.78 Å². The van der Waals surface area contributed by atoms with Crippen LogP contribution in [0.2, 0.25) is 10.0 Å². The smallest absolute Gasteiger partial charge is 0.205 e. The van der Waals surface area contributed by atoms with Gasteiger partial charge in [-0.15, -0.1) is 0 Å². The molecule has 0 saturated heterocycles. The average Bonchev–Trinajstić information content (AvgIpc) is 3.24. The van der Waals surface area contributed by atoms with Crippen LogP contribution in [-0.2, 0) is 16.1 Å². The highest BCUT2D eigenvalue weighted by Gasteiger charge is 2.40. The Kier molecular flexibility index (Phi) is 5.91. The number of halogens is 2. The summed E-state index contributed by atoms with van der Waals surface area (Å²) >= 11 is 12.5. The number of carbonyl (C=O) groups is 1. The van der Waals surface area contributed by atoms with Crippen molar-refractivity contribution >= 4 is 29.0 Å². The summed E-state index contributed by atoms with van der Waals surface area (Å²) < 4.78 is 7.49. The highest BCUT2D eigenvalue weighted by molar-refractivity contribution is 6.35. The van der Waals surface area contributed by atoms with Gasteiger partial charge in [0.05, 0.1) is 18.2 Å². The van der Waals surface area contributed by atoms with Crippen LogP contribution < -0.4 is 5.73 Å². The van der Waals surface area contributed by atoms with E-state index >= 15 is 0 Å². The zero-order valence-electron chi connectivity index (χ0n) is 18.1. The summed E-state index contributed by atoms with van der Waals surface area (Å²) in [5, 5.41) is 15.9. The van der Waals surface area contributed by atoms with Crippen LogP contribution in [0.3, 0.4) is 0 Å². The molecule has 1 unspecified atom stereocenters. The van der Waals surface area contributed by atoms with Crippen molar-refractivity contribution in [3.05, 3.63) is 98.7 Å². The number of benzene rings is 2. The number of nitriles is 1. The van der Waals surface area contributed by atoms with Crippen LogP contribution in [0.5, 0.6) is 0 Å². The van der Waals surface area contributed by atoms with Gasteiger partial charge < -0.3 is 10.5 Å². The number of nitrogens with two attached hydrogens (primary N) is 1. The van der Waals surface area contributed by atoms with Gasteiger partial charge in [0.1, 0.15) is 17.4 Å². The first kappa shape index (κ1) is 22.3. The first-order valence-corrected chi connectivity index (χ1v) is 11.6. The first-order chi connectivity index (χ1) is 16.5. The molecule has 0 fully saturated rings. The maximum atomic E-state index is 13.0. The van der Waals surface area contributed by atoms with Crippen molar-refractivity contribution in [2.45, 2.75) is 31.7 Å². The molecule has 3 aromatic rings. The predicted octanol–water partition coefficient (Wildman–Crippen LogP) is 5.72. The van der Waals surface area contributed by atoms with Gasteiger partial charge in [0.25, 0.3) is 0 Å². The minimum atomic E-state index is -0.647. The molecule has 1 atom stereocenters. The molecule has 1 aliphatic carbocycles. The van der Waals surface area contributed by atoms with E-state index in [0.29, 0.717) is 52.9 Å². The number of allylic oxidation sites excluding steroid dienone is 3. The van der Waals surface area contributed by atoms with E-state index in [1.807, 2.05) is 42.6 Å². The van der Waals surface area contributed by atoms with Crippen LogP contribution in [0.25, 0.3) is 11.3 Å². The van der Waals surface area contributed by atoms with Crippen molar-refractivity contribution in [3.8, 4) is 17.3 Å². The van der Waals surface area contributed by atoms with Gasteiger partial charge >= 0.3 is 0 Å². The van der Waals surface area contributed by atoms with E-state index < -0.39 is 5.92 Å². The van der Waals surface area contributed by atoms with Crippen LogP contribution in [0, 0.1) is 11.3 Å². The molecule has 0 spiro atoms. The van der Waals surface area contributed by atoms with Crippen LogP contribution in [0.4, 0.5) is 0 Å². The van der Waals surface area contributed by atoms with Gasteiger partial charge in [0.2, 0.25) is 5.88 Å². The molecule has 0 amide bonds. The summed E-state index contributed by atoms with van der Waals surface area (Å²) in [6.45, 7) is 0.389. The fourth-order valence-corrected chi connectivity index (χ4v) is 5.01. The molecule has 34 heavy (non-hydrogen) atoms. The lowest BCUT2D eigenvalue weighted by Crippen LogP contribution is -2.27. The van der Waals surface area contributed by atoms with Gasteiger partial charge in [-0.25, -0.2) is 0 Å². The molecule has 2 aromatic carbocycles. The third-order valence-electron chi connectivity index (χ3n) is 6.10. The fourth-order valence-electron chi connectivity index (χ4n) is 4.54. The van der Waals surface area contributed by atoms with Crippen molar-refractivity contribution in [3.63, 3.8) is 0 Å². The molecule has 1 aromatic heterocycles. The van der Waals surface area contributed by atoms with Crippen molar-refractivity contribution < 1.29 is 9.53 Å². The molecule has 2 N–H and O–H groups in total. The minimum Gasteiger partial charge on any atom is -0.444 e. The monoisotopic (exact) mass is 490 g/mol. The highest BCUT2D eigenvalue weighted by atomic mass is 35.5. The van der Waals surface area contributed by atoms with E-state index in [1.165, 1.54) is 0 Å². The van der Waals surface area contributed by atoms with Gasteiger partial charge in [-0.05, 0) is 24.1 Å². The summed E-state index contributed by atoms with van der Waals surface area (Å²) in [5.41, 5.74) is 9.98. The summed E-state index contributed by atoms with van der Waals surface area (Å²) in [6, 6.07) is 17.2. The van der Waals surface area contributed by atoms with E-state index in [-0.39, 0.29) is 17.2 Å². The summed E-state index contributed by atoms with van der Waals surface area (Å²) in [5.74, 6) is -0.0936. The standard InChI is InChI=1S/C26H20Cl2N4O2/c27-17-10-9-16(20(28)11-17)13-32-14-19(25(31-32)15-5-2-1-3-6-15)23-18(12-29)26(30)34-22-8-4-7-21(33)24(22)23/h1-3,5-6,9-11,14,23H,4,7-8,13,30H2. The second-order valence-corrected chi connectivity index (χ2v) is 9.11. The predicted molar refractivity (Wildman–Crippen MR) is 130 cm³/mol. The number of aromatic nitrogens is 2. The first-order valence-electron chi connectivity index (χ1n) is 10.9. The number of ether oxygens (including phenoxy) is 1. The third-order valence-corrected chi connectivity index (χ3v) is 6.69. The summed E-state index contributed by atoms with van der Waals surface area (Å²) in [6.07, 6.45) is 3.57. The lowest BCUT2D eigenvalue weighted by Gasteiger charge is -2.30. The van der Waals surface area contributed by atoms with Gasteiger partial charge in [0, 0.05) is 45.8 Å². The molecule has 0 bridgehead atoms. The van der Waals surface area contributed by atoms with E-state index in [9.17, 15) is 10.1 Å².